The number of pyridine rings is 2. The average Bonchev–Trinajstić information content (AvgIpc) is 3.96. The summed E-state index contributed by atoms with van der Waals surface area (Å²) < 4.78 is 67.5. The molecule has 6 aromatic heterocycles. The maximum atomic E-state index is 15.4. The Kier molecular flexibility index (Phi) is 13.6. The van der Waals surface area contributed by atoms with Crippen LogP contribution >= 0.6 is 0 Å². The van der Waals surface area contributed by atoms with E-state index in [9.17, 15) is 0 Å². The third kappa shape index (κ3) is 9.71. The molecule has 2 aliphatic rings. The number of benzene rings is 2. The molecule has 0 saturated carbocycles. The van der Waals surface area contributed by atoms with Crippen LogP contribution in [-0.2, 0) is 30.1 Å². The molecule has 0 spiro atoms. The summed E-state index contributed by atoms with van der Waals surface area (Å²) in [7, 11) is 9.57. The Morgan fingerprint density at radius 3 is 1.87 bits per heavy atom. The van der Waals surface area contributed by atoms with Gasteiger partial charge in [0.2, 0.25) is 0 Å². The van der Waals surface area contributed by atoms with Crippen LogP contribution in [0.15, 0.2) is 90.7 Å². The van der Waals surface area contributed by atoms with Crippen molar-refractivity contribution in [3.05, 3.63) is 103 Å². The van der Waals surface area contributed by atoms with E-state index in [1.165, 1.54) is 46.6 Å². The van der Waals surface area contributed by atoms with Gasteiger partial charge in [-0.2, -0.15) is 10.2 Å². The fraction of sp³-hybridized carbons (Fsp3) is 0.319. The van der Waals surface area contributed by atoms with Crippen LogP contribution in [-0.4, -0.2) is 110 Å². The molecule has 0 aliphatic carbocycles. The van der Waals surface area contributed by atoms with Gasteiger partial charge in [0, 0.05) is 86.8 Å². The number of aromatic nitrogens is 10. The number of fused-ring (bicyclic) bond motifs is 2. The molecule has 0 amide bonds. The van der Waals surface area contributed by atoms with Gasteiger partial charge in [-0.3, -0.25) is 19.3 Å². The van der Waals surface area contributed by atoms with E-state index >= 15 is 8.78 Å². The summed E-state index contributed by atoms with van der Waals surface area (Å²) >= 11 is 0. The lowest BCUT2D eigenvalue weighted by Crippen LogP contribution is -2.38. The van der Waals surface area contributed by atoms with Crippen molar-refractivity contribution in [3.63, 3.8) is 0 Å². The highest BCUT2D eigenvalue weighted by Crippen LogP contribution is 2.38. The summed E-state index contributed by atoms with van der Waals surface area (Å²) in [5.41, 5.74) is 6.48. The molecule has 2 fully saturated rings. The van der Waals surface area contributed by atoms with Crippen LogP contribution in [0.5, 0.6) is 23.0 Å². The van der Waals surface area contributed by atoms with Gasteiger partial charge < -0.3 is 37.9 Å². The minimum Gasteiger partial charge on any atom is -0.497 e. The molecule has 2 aromatic carbocycles. The molecule has 8 heterocycles. The summed E-state index contributed by atoms with van der Waals surface area (Å²) in [6, 6.07) is 13.5. The molecule has 348 valence electrons. The maximum Gasteiger partial charge on any atom is 0.190 e. The van der Waals surface area contributed by atoms with Crippen molar-refractivity contribution in [1.29, 1.82) is 0 Å². The van der Waals surface area contributed by atoms with E-state index in [0.29, 0.717) is 108 Å². The fourth-order valence-electron chi connectivity index (χ4n) is 7.42. The first-order valence-electron chi connectivity index (χ1n) is 20.9. The highest BCUT2D eigenvalue weighted by Gasteiger charge is 2.28. The molecule has 0 atom stereocenters. The number of halogens is 2. The number of methoxy groups -OCH3 is 4. The molecule has 0 radical (unpaired) electrons. The molecule has 20 heteroatoms. The first-order chi connectivity index (χ1) is 32.1. The zero-order valence-corrected chi connectivity index (χ0v) is 37.1. The van der Waals surface area contributed by atoms with Gasteiger partial charge in [-0.15, -0.1) is 0 Å². The quantitative estimate of drug-likeness (QED) is 0.117. The molecular formula is C47H50F2N12O6. The highest BCUT2D eigenvalue weighted by molar-refractivity contribution is 5.77. The van der Waals surface area contributed by atoms with Crippen molar-refractivity contribution in [3.8, 4) is 45.5 Å². The van der Waals surface area contributed by atoms with Crippen LogP contribution < -0.4 is 29.3 Å². The Hall–Kier alpha value is -7.58. The monoisotopic (exact) mass is 916 g/mol. The second-order valence-corrected chi connectivity index (χ2v) is 15.7. The molecule has 2 aliphatic heterocycles. The van der Waals surface area contributed by atoms with Crippen molar-refractivity contribution >= 4 is 39.5 Å². The predicted molar refractivity (Wildman–Crippen MR) is 246 cm³/mol. The standard InChI is InChI=1S/2C23H23FN6O3.CH4/c1-29-11-15(8-26-29)18-9-25-17-4-5-21(28-23(17)27-18)30(10-14-12-33-13-14)19-6-16(31-2)7-20(32-3)22(19)24;1-29-11-15(8-26-29)19-9-25-17-4-5-21(30(23(17)28-19)10-14-12-33-13-14)27-18-6-16(31-2)7-20(32-3)22(18)24;/h2*4-9,11,14H,10,12-13H2,1-3H3;1H4. The van der Waals surface area contributed by atoms with Crippen LogP contribution in [0.1, 0.15) is 7.43 Å². The Labute approximate surface area is 384 Å². The molecule has 67 heavy (non-hydrogen) atoms. The van der Waals surface area contributed by atoms with Gasteiger partial charge in [-0.25, -0.2) is 28.7 Å². The number of hydrogen-bond acceptors (Lipinski definition) is 15. The minimum absolute atomic E-state index is 0. The van der Waals surface area contributed by atoms with Gasteiger partial charge >= 0.3 is 0 Å². The first kappa shape index (κ1) is 46.0. The zero-order valence-electron chi connectivity index (χ0n) is 37.1. The van der Waals surface area contributed by atoms with Crippen molar-refractivity contribution in [2.75, 3.05) is 66.3 Å². The lowest BCUT2D eigenvalue weighted by Gasteiger charge is -2.33. The minimum atomic E-state index is -0.563. The number of hydrogen-bond donors (Lipinski definition) is 0. The predicted octanol–water partition coefficient (Wildman–Crippen LogP) is 6.87. The van der Waals surface area contributed by atoms with Gasteiger partial charge in [-0.1, -0.05) is 7.43 Å². The molecule has 2 saturated heterocycles. The van der Waals surface area contributed by atoms with Crippen LogP contribution in [0.25, 0.3) is 44.8 Å². The van der Waals surface area contributed by atoms with Gasteiger partial charge in [0.25, 0.3) is 0 Å². The topological polar surface area (TPSA) is 176 Å². The number of anilines is 2. The molecule has 0 N–H and O–H groups in total. The van der Waals surface area contributed by atoms with Crippen molar-refractivity contribution < 1.29 is 37.2 Å². The van der Waals surface area contributed by atoms with E-state index in [4.69, 9.17) is 38.4 Å². The van der Waals surface area contributed by atoms with Crippen LogP contribution in [0.3, 0.4) is 0 Å². The largest absolute Gasteiger partial charge is 0.497 e. The third-order valence-electron chi connectivity index (χ3n) is 11.1. The first-order valence-corrected chi connectivity index (χ1v) is 20.9. The third-order valence-corrected chi connectivity index (χ3v) is 11.1. The van der Waals surface area contributed by atoms with Crippen LogP contribution in [0.2, 0.25) is 0 Å². The number of ether oxygens (including phenoxy) is 6. The Morgan fingerprint density at radius 2 is 1.28 bits per heavy atom. The molecule has 8 aromatic rings. The van der Waals surface area contributed by atoms with Gasteiger partial charge in [0.15, 0.2) is 34.4 Å². The molecule has 0 unspecified atom stereocenters. The summed E-state index contributed by atoms with van der Waals surface area (Å²) in [6.45, 7) is 3.65. The van der Waals surface area contributed by atoms with E-state index in [-0.39, 0.29) is 30.5 Å². The van der Waals surface area contributed by atoms with E-state index in [2.05, 4.69) is 30.1 Å². The SMILES string of the molecule is C.COc1cc(N=c2ccc3ncc(-c4cnn(C)c4)nc3n2CC2COC2)c(F)c(OC)c1.COc1cc(OC)c(F)c(N(CC2COC2)c2ccc3ncc(-c4cnn(C)c4)nc3n2)c1. The molecular weight excluding hydrogens is 867 g/mol. The van der Waals surface area contributed by atoms with Crippen LogP contribution in [0, 0.1) is 23.5 Å². The molecule has 18 nitrogen and oxygen atoms in total. The summed E-state index contributed by atoms with van der Waals surface area (Å²) in [5, 5.41) is 8.42. The summed E-state index contributed by atoms with van der Waals surface area (Å²) in [6.07, 6.45) is 10.6. The second kappa shape index (κ2) is 19.9. The second-order valence-electron chi connectivity index (χ2n) is 15.7. The van der Waals surface area contributed by atoms with E-state index in [0.717, 1.165) is 11.1 Å². The van der Waals surface area contributed by atoms with Gasteiger partial charge in [0.1, 0.15) is 39.5 Å². The normalized spacial score (nSPS) is 13.9. The van der Waals surface area contributed by atoms with Gasteiger partial charge in [0.05, 0.1) is 96.7 Å². The number of rotatable bonds is 13. The Bertz CT molecular complexity index is 3110. The fourth-order valence-corrected chi connectivity index (χ4v) is 7.42. The Morgan fingerprint density at radius 1 is 0.687 bits per heavy atom. The maximum absolute atomic E-state index is 15.4. The van der Waals surface area contributed by atoms with Crippen LogP contribution in [0.4, 0.5) is 26.0 Å². The van der Waals surface area contributed by atoms with Crippen molar-refractivity contribution in [1.82, 2.24) is 49.0 Å². The summed E-state index contributed by atoms with van der Waals surface area (Å²) in [4.78, 5) is 29.8. The van der Waals surface area contributed by atoms with E-state index in [1.807, 2.05) is 60.2 Å². The van der Waals surface area contributed by atoms with Crippen molar-refractivity contribution in [2.24, 2.45) is 30.9 Å². The lowest BCUT2D eigenvalue weighted by molar-refractivity contribution is -0.0394. The van der Waals surface area contributed by atoms with Gasteiger partial charge in [-0.05, 0) is 24.3 Å². The highest BCUT2D eigenvalue weighted by atomic mass is 19.1. The smallest absolute Gasteiger partial charge is 0.190 e. The van der Waals surface area contributed by atoms with Crippen molar-refractivity contribution in [2.45, 2.75) is 14.0 Å². The van der Waals surface area contributed by atoms with E-state index < -0.39 is 11.6 Å². The Balaban J connectivity index is 0.000000179. The van der Waals surface area contributed by atoms with E-state index in [1.54, 1.807) is 40.2 Å². The zero-order chi connectivity index (χ0) is 45.9. The average molecular weight is 917 g/mol. The molecule has 10 rings (SSSR count). The molecule has 0 bridgehead atoms. The number of nitrogens with zero attached hydrogens (tertiary/aromatic N) is 12. The summed E-state index contributed by atoms with van der Waals surface area (Å²) in [5.74, 6) is 1.13. The number of aryl methyl sites for hydroxylation is 2. The lowest BCUT2D eigenvalue weighted by atomic mass is 10.1.